The molecule has 2 aromatic rings. The van der Waals surface area contributed by atoms with E-state index in [1.807, 2.05) is 25.1 Å². The van der Waals surface area contributed by atoms with Crippen LogP contribution < -0.4 is 0 Å². The molecule has 2 heteroatoms. The lowest BCUT2D eigenvalue weighted by Crippen LogP contribution is -1.87. The molecule has 0 spiro atoms. The second kappa shape index (κ2) is 4.49. The Kier molecular flexibility index (Phi) is 3.07. The molecule has 76 valence electrons. The fraction of sp³-hybridized carbons (Fsp3) is 0.154. The smallest absolute Gasteiger partial charge is 0.0705 e. The Morgan fingerprint density at radius 1 is 1.27 bits per heavy atom. The number of rotatable bonds is 3. The maximum atomic E-state index is 4.59. The number of hydrogen-bond donors (Lipinski definition) is 0. The summed E-state index contributed by atoms with van der Waals surface area (Å²) in [4.78, 5) is 5.71. The second-order valence-electron chi connectivity index (χ2n) is 3.49. The molecular weight excluding hydrogens is 202 g/mol. The molecule has 15 heavy (non-hydrogen) atoms. The molecule has 1 heterocycles. The van der Waals surface area contributed by atoms with Crippen LogP contribution in [0.2, 0.25) is 0 Å². The van der Waals surface area contributed by atoms with Crippen LogP contribution >= 0.6 is 11.8 Å². The van der Waals surface area contributed by atoms with Gasteiger partial charge in [0.05, 0.1) is 11.2 Å². The van der Waals surface area contributed by atoms with Crippen LogP contribution in [-0.2, 0) is 5.75 Å². The highest BCUT2D eigenvalue weighted by Crippen LogP contribution is 2.19. The zero-order valence-corrected chi connectivity index (χ0v) is 9.55. The minimum absolute atomic E-state index is 0.903. The molecule has 0 saturated heterocycles. The van der Waals surface area contributed by atoms with Gasteiger partial charge in [0.2, 0.25) is 0 Å². The molecule has 0 N–H and O–H groups in total. The van der Waals surface area contributed by atoms with E-state index >= 15 is 0 Å². The number of allylic oxidation sites excluding steroid dienone is 1. The predicted molar refractivity (Wildman–Crippen MR) is 67.9 cm³/mol. The summed E-state index contributed by atoms with van der Waals surface area (Å²) >= 11 is 1.74. The van der Waals surface area contributed by atoms with Crippen LogP contribution in [-0.4, -0.2) is 4.98 Å². The molecule has 0 amide bonds. The first-order valence-corrected chi connectivity index (χ1v) is 5.87. The molecule has 0 saturated carbocycles. The summed E-state index contributed by atoms with van der Waals surface area (Å²) in [6.07, 6.45) is 0. The van der Waals surface area contributed by atoms with Gasteiger partial charge in [-0.05, 0) is 24.0 Å². The Hall–Kier alpha value is -1.28. The molecule has 0 radical (unpaired) electrons. The van der Waals surface area contributed by atoms with Crippen molar-refractivity contribution in [1.29, 1.82) is 0 Å². The van der Waals surface area contributed by atoms with Crippen LogP contribution in [0.1, 0.15) is 12.6 Å². The van der Waals surface area contributed by atoms with Gasteiger partial charge in [-0.1, -0.05) is 30.8 Å². The summed E-state index contributed by atoms with van der Waals surface area (Å²) in [6, 6.07) is 12.4. The van der Waals surface area contributed by atoms with E-state index in [1.165, 1.54) is 5.39 Å². The SMILES string of the molecule is C=C(C)SCc1ccc2ccccc2n1. The maximum Gasteiger partial charge on any atom is 0.0705 e. The third-order valence-corrected chi connectivity index (χ3v) is 3.06. The molecule has 1 aromatic heterocycles. The Morgan fingerprint density at radius 3 is 2.87 bits per heavy atom. The van der Waals surface area contributed by atoms with Crippen molar-refractivity contribution in [3.8, 4) is 0 Å². The van der Waals surface area contributed by atoms with Gasteiger partial charge >= 0.3 is 0 Å². The van der Waals surface area contributed by atoms with E-state index in [9.17, 15) is 0 Å². The second-order valence-corrected chi connectivity index (χ2v) is 4.76. The molecular formula is C13H13NS. The fourth-order valence-electron chi connectivity index (χ4n) is 1.39. The topological polar surface area (TPSA) is 12.9 Å². The van der Waals surface area contributed by atoms with Crippen LogP contribution in [0.25, 0.3) is 10.9 Å². The van der Waals surface area contributed by atoms with Crippen molar-refractivity contribution < 1.29 is 0 Å². The van der Waals surface area contributed by atoms with E-state index in [-0.39, 0.29) is 0 Å². The molecule has 2 rings (SSSR count). The minimum Gasteiger partial charge on any atom is -0.252 e. The van der Waals surface area contributed by atoms with Crippen molar-refractivity contribution in [3.63, 3.8) is 0 Å². The highest BCUT2D eigenvalue weighted by Gasteiger charge is 1.98. The van der Waals surface area contributed by atoms with Gasteiger partial charge in [-0.25, -0.2) is 0 Å². The summed E-state index contributed by atoms with van der Waals surface area (Å²) in [5, 5.41) is 1.20. The molecule has 0 aliphatic carbocycles. The van der Waals surface area contributed by atoms with E-state index in [0.717, 1.165) is 21.9 Å². The van der Waals surface area contributed by atoms with Crippen molar-refractivity contribution in [2.45, 2.75) is 12.7 Å². The lowest BCUT2D eigenvalue weighted by Gasteiger charge is -2.02. The Morgan fingerprint density at radius 2 is 2.07 bits per heavy atom. The average molecular weight is 215 g/mol. The van der Waals surface area contributed by atoms with Crippen molar-refractivity contribution in [1.82, 2.24) is 4.98 Å². The van der Waals surface area contributed by atoms with E-state index in [0.29, 0.717) is 0 Å². The molecule has 0 aliphatic rings. The monoisotopic (exact) mass is 215 g/mol. The standard InChI is InChI=1S/C13H13NS/c1-10(2)15-9-12-8-7-11-5-3-4-6-13(11)14-12/h3-8H,1,9H2,2H3. The normalized spacial score (nSPS) is 10.5. The summed E-state index contributed by atoms with van der Waals surface area (Å²) in [5.41, 5.74) is 2.18. The van der Waals surface area contributed by atoms with Gasteiger partial charge in [0.1, 0.15) is 0 Å². The van der Waals surface area contributed by atoms with Crippen molar-refractivity contribution in [2.75, 3.05) is 0 Å². The zero-order valence-electron chi connectivity index (χ0n) is 8.73. The van der Waals surface area contributed by atoms with Gasteiger partial charge in [0.15, 0.2) is 0 Å². The highest BCUT2D eigenvalue weighted by atomic mass is 32.2. The summed E-state index contributed by atoms with van der Waals surface area (Å²) < 4.78 is 0. The highest BCUT2D eigenvalue weighted by molar-refractivity contribution is 8.02. The summed E-state index contributed by atoms with van der Waals surface area (Å²) in [5.74, 6) is 0.903. The minimum atomic E-state index is 0.903. The predicted octanol–water partition coefficient (Wildman–Crippen LogP) is 4.00. The molecule has 0 unspecified atom stereocenters. The van der Waals surface area contributed by atoms with Gasteiger partial charge in [0.25, 0.3) is 0 Å². The molecule has 0 aliphatic heterocycles. The Labute approximate surface area is 94.2 Å². The number of nitrogens with zero attached hydrogens (tertiary/aromatic N) is 1. The lowest BCUT2D eigenvalue weighted by atomic mass is 10.2. The number of benzene rings is 1. The number of aromatic nitrogens is 1. The van der Waals surface area contributed by atoms with Crippen molar-refractivity contribution in [3.05, 3.63) is 53.6 Å². The molecule has 0 atom stereocenters. The van der Waals surface area contributed by atoms with Gasteiger partial charge in [-0.2, -0.15) is 0 Å². The average Bonchev–Trinajstić information content (AvgIpc) is 2.26. The molecule has 0 fully saturated rings. The third kappa shape index (κ3) is 2.60. The van der Waals surface area contributed by atoms with Crippen LogP contribution in [0.3, 0.4) is 0 Å². The van der Waals surface area contributed by atoms with Crippen LogP contribution in [0.5, 0.6) is 0 Å². The zero-order chi connectivity index (χ0) is 10.7. The molecule has 1 aromatic carbocycles. The van der Waals surface area contributed by atoms with E-state index < -0.39 is 0 Å². The number of para-hydroxylation sites is 1. The maximum absolute atomic E-state index is 4.59. The first kappa shape index (κ1) is 10.2. The third-order valence-electron chi connectivity index (χ3n) is 2.12. The number of hydrogen-bond acceptors (Lipinski definition) is 2. The van der Waals surface area contributed by atoms with Crippen LogP contribution in [0.4, 0.5) is 0 Å². The van der Waals surface area contributed by atoms with Gasteiger partial charge in [0, 0.05) is 11.1 Å². The largest absolute Gasteiger partial charge is 0.252 e. The number of fused-ring (bicyclic) bond motifs is 1. The quantitative estimate of drug-likeness (QED) is 0.767. The fourth-order valence-corrected chi connectivity index (χ4v) is 1.94. The number of thioether (sulfide) groups is 1. The van der Waals surface area contributed by atoms with Crippen LogP contribution in [0.15, 0.2) is 47.9 Å². The van der Waals surface area contributed by atoms with Gasteiger partial charge in [-0.3, -0.25) is 4.98 Å². The van der Waals surface area contributed by atoms with Gasteiger partial charge < -0.3 is 0 Å². The van der Waals surface area contributed by atoms with Crippen molar-refractivity contribution >= 4 is 22.7 Å². The first-order valence-electron chi connectivity index (χ1n) is 4.89. The van der Waals surface area contributed by atoms with E-state index in [2.05, 4.69) is 29.8 Å². The van der Waals surface area contributed by atoms with E-state index in [1.54, 1.807) is 11.8 Å². The Balaban J connectivity index is 2.26. The Bertz CT molecular complexity index is 491. The van der Waals surface area contributed by atoms with Crippen molar-refractivity contribution in [2.24, 2.45) is 0 Å². The van der Waals surface area contributed by atoms with Crippen LogP contribution in [0, 0.1) is 0 Å². The molecule has 1 nitrogen and oxygen atoms in total. The van der Waals surface area contributed by atoms with Gasteiger partial charge in [-0.15, -0.1) is 11.8 Å². The number of pyridine rings is 1. The lowest BCUT2D eigenvalue weighted by molar-refractivity contribution is 1.23. The molecule has 0 bridgehead atoms. The summed E-state index contributed by atoms with van der Waals surface area (Å²) in [6.45, 7) is 5.89. The summed E-state index contributed by atoms with van der Waals surface area (Å²) in [7, 11) is 0. The van der Waals surface area contributed by atoms with E-state index in [4.69, 9.17) is 0 Å². The first-order chi connectivity index (χ1) is 7.25.